The van der Waals surface area contributed by atoms with E-state index >= 15 is 0 Å². The van der Waals surface area contributed by atoms with Gasteiger partial charge >= 0.3 is 0 Å². The maximum absolute atomic E-state index is 14.0. The van der Waals surface area contributed by atoms with E-state index in [1.807, 2.05) is 24.3 Å². The van der Waals surface area contributed by atoms with Crippen LogP contribution in [0.3, 0.4) is 0 Å². The fourth-order valence-electron chi connectivity index (χ4n) is 1.84. The number of hydrogen-bond acceptors (Lipinski definition) is 2. The highest BCUT2D eigenvalue weighted by Gasteiger charge is 2.12. The van der Waals surface area contributed by atoms with Gasteiger partial charge in [-0.3, -0.25) is 0 Å². The van der Waals surface area contributed by atoms with Crippen molar-refractivity contribution in [2.75, 3.05) is 6.54 Å². The van der Waals surface area contributed by atoms with E-state index in [-0.39, 0.29) is 11.6 Å². The number of halogens is 2. The monoisotopic (exact) mass is 337 g/mol. The zero-order chi connectivity index (χ0) is 14.4. The Morgan fingerprint density at radius 3 is 2.70 bits per heavy atom. The van der Waals surface area contributed by atoms with Crippen LogP contribution in [0, 0.1) is 5.82 Å². The van der Waals surface area contributed by atoms with Crippen LogP contribution >= 0.6 is 15.9 Å². The summed E-state index contributed by atoms with van der Waals surface area (Å²) in [7, 11) is 0. The summed E-state index contributed by atoms with van der Waals surface area (Å²) in [5.74, 6) is 0.536. The first kappa shape index (κ1) is 15.0. The van der Waals surface area contributed by atoms with Crippen molar-refractivity contribution >= 4 is 15.9 Å². The van der Waals surface area contributed by atoms with Gasteiger partial charge in [0.05, 0.1) is 4.47 Å². The van der Waals surface area contributed by atoms with Gasteiger partial charge in [-0.05, 0) is 47.1 Å². The molecule has 0 saturated heterocycles. The molecule has 2 rings (SSSR count). The lowest BCUT2D eigenvalue weighted by molar-refractivity contribution is 0.431. The van der Waals surface area contributed by atoms with Crippen LogP contribution in [0.5, 0.6) is 11.5 Å². The van der Waals surface area contributed by atoms with Crippen LogP contribution < -0.4 is 10.1 Å². The SMILES string of the molecule is CCCNCc1cccc(F)c1Oc1ccccc1Br. The summed E-state index contributed by atoms with van der Waals surface area (Å²) >= 11 is 3.40. The quantitative estimate of drug-likeness (QED) is 0.758. The highest BCUT2D eigenvalue weighted by molar-refractivity contribution is 9.10. The maximum atomic E-state index is 14.0. The van der Waals surface area contributed by atoms with Gasteiger partial charge in [0.15, 0.2) is 11.6 Å². The second-order valence-corrected chi connectivity index (χ2v) is 5.29. The average Bonchev–Trinajstić information content (AvgIpc) is 2.44. The predicted octanol–water partition coefficient (Wildman–Crippen LogP) is 4.88. The molecule has 2 aromatic rings. The Balaban J connectivity index is 2.23. The lowest BCUT2D eigenvalue weighted by Crippen LogP contribution is -2.14. The molecule has 2 nitrogen and oxygen atoms in total. The van der Waals surface area contributed by atoms with E-state index in [4.69, 9.17) is 4.74 Å². The lowest BCUT2D eigenvalue weighted by atomic mass is 10.2. The van der Waals surface area contributed by atoms with Crippen molar-refractivity contribution in [1.29, 1.82) is 0 Å². The average molecular weight is 338 g/mol. The zero-order valence-corrected chi connectivity index (χ0v) is 12.9. The van der Waals surface area contributed by atoms with Crippen LogP contribution in [0.2, 0.25) is 0 Å². The van der Waals surface area contributed by atoms with Crippen molar-refractivity contribution in [3.8, 4) is 11.5 Å². The maximum Gasteiger partial charge on any atom is 0.167 e. The Kier molecular flexibility index (Phi) is 5.56. The molecular formula is C16H17BrFNO. The number of ether oxygens (including phenoxy) is 1. The van der Waals surface area contributed by atoms with E-state index < -0.39 is 0 Å². The molecule has 0 saturated carbocycles. The van der Waals surface area contributed by atoms with Gasteiger partial charge in [-0.15, -0.1) is 0 Å². The van der Waals surface area contributed by atoms with Gasteiger partial charge in [-0.25, -0.2) is 4.39 Å². The topological polar surface area (TPSA) is 21.3 Å². The van der Waals surface area contributed by atoms with Crippen LogP contribution in [0.1, 0.15) is 18.9 Å². The van der Waals surface area contributed by atoms with Crippen LogP contribution in [-0.2, 0) is 6.54 Å². The van der Waals surface area contributed by atoms with Crippen LogP contribution in [0.15, 0.2) is 46.9 Å². The molecule has 0 aliphatic heterocycles. The number of benzene rings is 2. The van der Waals surface area contributed by atoms with E-state index in [1.54, 1.807) is 12.1 Å². The molecule has 0 atom stereocenters. The number of para-hydroxylation sites is 2. The molecule has 0 fully saturated rings. The first-order valence-electron chi connectivity index (χ1n) is 6.63. The van der Waals surface area contributed by atoms with Gasteiger partial charge in [-0.2, -0.15) is 0 Å². The standard InChI is InChI=1S/C16H17BrFNO/c1-2-10-19-11-12-6-5-8-14(18)16(12)20-15-9-4-3-7-13(15)17/h3-9,19H,2,10-11H2,1H3. The van der Waals surface area contributed by atoms with Crippen LogP contribution in [0.4, 0.5) is 4.39 Å². The first-order valence-corrected chi connectivity index (χ1v) is 7.42. The number of hydrogen-bond donors (Lipinski definition) is 1. The molecule has 106 valence electrons. The minimum absolute atomic E-state index is 0.281. The molecule has 0 bridgehead atoms. The van der Waals surface area contributed by atoms with Crippen molar-refractivity contribution in [3.05, 3.63) is 58.3 Å². The minimum atomic E-state index is -0.350. The van der Waals surface area contributed by atoms with Gasteiger partial charge < -0.3 is 10.1 Å². The summed E-state index contributed by atoms with van der Waals surface area (Å²) in [4.78, 5) is 0. The first-order chi connectivity index (χ1) is 9.72. The van der Waals surface area contributed by atoms with Crippen LogP contribution in [-0.4, -0.2) is 6.54 Å². The summed E-state index contributed by atoms with van der Waals surface area (Å²) in [6.45, 7) is 3.58. The number of nitrogens with one attached hydrogen (secondary N) is 1. The van der Waals surface area contributed by atoms with Crippen molar-refractivity contribution in [2.24, 2.45) is 0 Å². The molecule has 0 amide bonds. The van der Waals surface area contributed by atoms with Crippen molar-refractivity contribution < 1.29 is 9.13 Å². The lowest BCUT2D eigenvalue weighted by Gasteiger charge is -2.13. The summed E-state index contributed by atoms with van der Waals surface area (Å²) in [5.41, 5.74) is 0.814. The fraction of sp³-hybridized carbons (Fsp3) is 0.250. The molecular weight excluding hydrogens is 321 g/mol. The molecule has 0 aliphatic carbocycles. The van der Waals surface area contributed by atoms with Crippen LogP contribution in [0.25, 0.3) is 0 Å². The highest BCUT2D eigenvalue weighted by Crippen LogP contribution is 2.32. The van der Waals surface area contributed by atoms with Gasteiger partial charge in [-0.1, -0.05) is 31.2 Å². The zero-order valence-electron chi connectivity index (χ0n) is 11.3. The van der Waals surface area contributed by atoms with E-state index in [0.29, 0.717) is 12.3 Å². The van der Waals surface area contributed by atoms with Crippen molar-refractivity contribution in [2.45, 2.75) is 19.9 Å². The summed E-state index contributed by atoms with van der Waals surface area (Å²) < 4.78 is 20.6. The van der Waals surface area contributed by atoms with Crippen molar-refractivity contribution in [3.63, 3.8) is 0 Å². The Morgan fingerprint density at radius 2 is 1.95 bits per heavy atom. The third kappa shape index (κ3) is 3.81. The molecule has 0 unspecified atom stereocenters. The molecule has 20 heavy (non-hydrogen) atoms. The molecule has 0 aromatic heterocycles. The summed E-state index contributed by atoms with van der Waals surface area (Å²) in [6, 6.07) is 12.4. The Hall–Kier alpha value is -1.39. The Morgan fingerprint density at radius 1 is 1.15 bits per heavy atom. The van der Waals surface area contributed by atoms with Crippen molar-refractivity contribution in [1.82, 2.24) is 5.32 Å². The fourth-order valence-corrected chi connectivity index (χ4v) is 2.21. The smallest absolute Gasteiger partial charge is 0.167 e. The summed E-state index contributed by atoms with van der Waals surface area (Å²) in [5, 5.41) is 3.26. The highest BCUT2D eigenvalue weighted by atomic mass is 79.9. The third-order valence-corrected chi connectivity index (χ3v) is 3.49. The normalized spacial score (nSPS) is 10.6. The van der Waals surface area contributed by atoms with E-state index in [2.05, 4.69) is 28.2 Å². The molecule has 0 radical (unpaired) electrons. The minimum Gasteiger partial charge on any atom is -0.453 e. The van der Waals surface area contributed by atoms with Gasteiger partial charge in [0.2, 0.25) is 0 Å². The molecule has 4 heteroatoms. The predicted molar refractivity (Wildman–Crippen MR) is 82.6 cm³/mol. The number of rotatable bonds is 6. The molecule has 2 aromatic carbocycles. The second-order valence-electron chi connectivity index (χ2n) is 4.44. The van der Waals surface area contributed by atoms with E-state index in [1.165, 1.54) is 6.07 Å². The largest absolute Gasteiger partial charge is 0.453 e. The Bertz CT molecular complexity index is 574. The summed E-state index contributed by atoms with van der Waals surface area (Å²) in [6.07, 6.45) is 1.04. The Labute approximate surface area is 127 Å². The van der Waals surface area contributed by atoms with Gasteiger partial charge in [0.1, 0.15) is 5.75 Å². The van der Waals surface area contributed by atoms with Gasteiger partial charge in [0.25, 0.3) is 0 Å². The molecule has 0 aliphatic rings. The van der Waals surface area contributed by atoms with Gasteiger partial charge in [0, 0.05) is 12.1 Å². The third-order valence-electron chi connectivity index (χ3n) is 2.84. The second kappa shape index (κ2) is 7.41. The molecule has 1 N–H and O–H groups in total. The van der Waals surface area contributed by atoms with E-state index in [9.17, 15) is 4.39 Å². The van der Waals surface area contributed by atoms with E-state index in [0.717, 1.165) is 23.0 Å². The molecule has 0 heterocycles. The molecule has 0 spiro atoms.